The fourth-order valence-electron chi connectivity index (χ4n) is 2.39. The molecule has 0 unspecified atom stereocenters. The molecule has 1 aliphatic rings. The van der Waals surface area contributed by atoms with Crippen LogP contribution in [0.5, 0.6) is 0 Å². The molecule has 8 heteroatoms. The van der Waals surface area contributed by atoms with Crippen LogP contribution in [-0.4, -0.2) is 14.3 Å². The summed E-state index contributed by atoms with van der Waals surface area (Å²) in [6.45, 7) is 0. The van der Waals surface area contributed by atoms with Gasteiger partial charge in [-0.2, -0.15) is 0 Å². The van der Waals surface area contributed by atoms with Crippen molar-refractivity contribution in [3.8, 4) is 0 Å². The zero-order chi connectivity index (χ0) is 18.0. The minimum atomic E-state index is -4.04. The van der Waals surface area contributed by atoms with E-state index in [2.05, 4.69) is 10.0 Å². The molecule has 132 valence electrons. The highest BCUT2D eigenvalue weighted by Gasteiger charge is 2.25. The SMILES string of the molecule is O=C(Nc1ccc(NS(=O)(=O)c2ccc(F)c(F)c2)cc1)C1CCC1. The zero-order valence-electron chi connectivity index (χ0n) is 13.1. The van der Waals surface area contributed by atoms with Crippen molar-refractivity contribution < 1.29 is 22.0 Å². The fourth-order valence-corrected chi connectivity index (χ4v) is 3.46. The van der Waals surface area contributed by atoms with Crippen LogP contribution in [0.25, 0.3) is 0 Å². The van der Waals surface area contributed by atoms with E-state index in [1.54, 1.807) is 12.1 Å². The highest BCUT2D eigenvalue weighted by Crippen LogP contribution is 2.28. The molecule has 0 saturated heterocycles. The Morgan fingerprint density at radius 2 is 1.60 bits per heavy atom. The van der Waals surface area contributed by atoms with Gasteiger partial charge >= 0.3 is 0 Å². The van der Waals surface area contributed by atoms with Gasteiger partial charge < -0.3 is 5.32 Å². The summed E-state index contributed by atoms with van der Waals surface area (Å²) in [5.74, 6) is -2.35. The third kappa shape index (κ3) is 3.96. The van der Waals surface area contributed by atoms with Crippen molar-refractivity contribution in [1.29, 1.82) is 0 Å². The van der Waals surface area contributed by atoms with Crippen molar-refractivity contribution in [2.75, 3.05) is 10.0 Å². The third-order valence-electron chi connectivity index (χ3n) is 4.08. The molecule has 0 bridgehead atoms. The molecule has 0 atom stereocenters. The number of sulfonamides is 1. The number of benzene rings is 2. The minimum Gasteiger partial charge on any atom is -0.326 e. The Hall–Kier alpha value is -2.48. The molecule has 1 fully saturated rings. The topological polar surface area (TPSA) is 75.3 Å². The van der Waals surface area contributed by atoms with Gasteiger partial charge in [-0.25, -0.2) is 17.2 Å². The number of nitrogens with one attached hydrogen (secondary N) is 2. The van der Waals surface area contributed by atoms with Crippen molar-refractivity contribution in [2.45, 2.75) is 24.2 Å². The summed E-state index contributed by atoms with van der Waals surface area (Å²) in [4.78, 5) is 11.5. The van der Waals surface area contributed by atoms with E-state index in [4.69, 9.17) is 0 Å². The molecule has 25 heavy (non-hydrogen) atoms. The molecular formula is C17H16F2N2O3S. The highest BCUT2D eigenvalue weighted by atomic mass is 32.2. The molecule has 1 saturated carbocycles. The smallest absolute Gasteiger partial charge is 0.261 e. The number of carbonyl (C=O) groups excluding carboxylic acids is 1. The van der Waals surface area contributed by atoms with Crippen LogP contribution >= 0.6 is 0 Å². The lowest BCUT2D eigenvalue weighted by Crippen LogP contribution is -2.27. The maximum absolute atomic E-state index is 13.2. The molecule has 2 N–H and O–H groups in total. The van der Waals surface area contributed by atoms with Crippen LogP contribution in [0.4, 0.5) is 20.2 Å². The second kappa shape index (κ2) is 6.79. The maximum atomic E-state index is 13.2. The Balaban J connectivity index is 1.69. The van der Waals surface area contributed by atoms with Gasteiger partial charge in [0.15, 0.2) is 11.6 Å². The Bertz CT molecular complexity index is 895. The minimum absolute atomic E-state index is 0.0404. The molecule has 3 rings (SSSR count). The van der Waals surface area contributed by atoms with Gasteiger partial charge in [-0.05, 0) is 55.3 Å². The van der Waals surface area contributed by atoms with Crippen LogP contribution in [0.15, 0.2) is 47.4 Å². The number of halogens is 2. The second-order valence-electron chi connectivity index (χ2n) is 5.88. The lowest BCUT2D eigenvalue weighted by atomic mass is 9.85. The predicted molar refractivity (Wildman–Crippen MR) is 89.6 cm³/mol. The van der Waals surface area contributed by atoms with Crippen molar-refractivity contribution in [1.82, 2.24) is 0 Å². The van der Waals surface area contributed by atoms with Gasteiger partial charge in [0.25, 0.3) is 10.0 Å². The van der Waals surface area contributed by atoms with Gasteiger partial charge in [0, 0.05) is 17.3 Å². The average Bonchev–Trinajstić information content (AvgIpc) is 2.50. The second-order valence-corrected chi connectivity index (χ2v) is 7.56. The number of anilines is 2. The van der Waals surface area contributed by atoms with E-state index in [0.29, 0.717) is 11.8 Å². The average molecular weight is 366 g/mol. The summed E-state index contributed by atoms with van der Waals surface area (Å²) in [5, 5.41) is 2.77. The van der Waals surface area contributed by atoms with Crippen molar-refractivity contribution in [2.24, 2.45) is 5.92 Å². The normalized spacial score (nSPS) is 14.6. The largest absolute Gasteiger partial charge is 0.326 e. The number of hydrogen-bond acceptors (Lipinski definition) is 3. The van der Waals surface area contributed by atoms with Crippen molar-refractivity contribution >= 4 is 27.3 Å². The van der Waals surface area contributed by atoms with E-state index in [-0.39, 0.29) is 22.4 Å². The van der Waals surface area contributed by atoms with E-state index in [0.717, 1.165) is 31.4 Å². The summed E-state index contributed by atoms with van der Waals surface area (Å²) in [6, 6.07) is 8.45. The first-order valence-electron chi connectivity index (χ1n) is 7.74. The first kappa shape index (κ1) is 17.3. The van der Waals surface area contributed by atoms with Gasteiger partial charge in [-0.1, -0.05) is 6.42 Å². The molecule has 2 aromatic carbocycles. The van der Waals surface area contributed by atoms with Crippen LogP contribution in [0.3, 0.4) is 0 Å². The molecule has 0 spiro atoms. The number of amides is 1. The molecule has 1 aliphatic carbocycles. The lowest BCUT2D eigenvalue weighted by Gasteiger charge is -2.24. The van der Waals surface area contributed by atoms with Crippen LogP contribution in [0.2, 0.25) is 0 Å². The maximum Gasteiger partial charge on any atom is 0.261 e. The van der Waals surface area contributed by atoms with Crippen LogP contribution in [0, 0.1) is 17.6 Å². The third-order valence-corrected chi connectivity index (χ3v) is 5.46. The van der Waals surface area contributed by atoms with E-state index in [1.165, 1.54) is 12.1 Å². The van der Waals surface area contributed by atoms with Crippen molar-refractivity contribution in [3.05, 3.63) is 54.1 Å². The summed E-state index contributed by atoms with van der Waals surface area (Å²) in [6.07, 6.45) is 2.83. The Morgan fingerprint density at radius 3 is 2.16 bits per heavy atom. The van der Waals surface area contributed by atoms with E-state index >= 15 is 0 Å². The lowest BCUT2D eigenvalue weighted by molar-refractivity contribution is -0.122. The summed E-state index contributed by atoms with van der Waals surface area (Å²) < 4.78 is 52.8. The number of rotatable bonds is 5. The number of carbonyl (C=O) groups is 1. The number of hydrogen-bond donors (Lipinski definition) is 2. The zero-order valence-corrected chi connectivity index (χ0v) is 13.9. The Labute approximate surface area is 144 Å². The monoisotopic (exact) mass is 366 g/mol. The fraction of sp³-hybridized carbons (Fsp3) is 0.235. The van der Waals surface area contributed by atoms with E-state index < -0.39 is 21.7 Å². The Kier molecular flexibility index (Phi) is 4.71. The van der Waals surface area contributed by atoms with Gasteiger partial charge in [-0.15, -0.1) is 0 Å². The van der Waals surface area contributed by atoms with Gasteiger partial charge in [0.05, 0.1) is 4.90 Å². The Morgan fingerprint density at radius 1 is 0.960 bits per heavy atom. The van der Waals surface area contributed by atoms with E-state index in [1.807, 2.05) is 0 Å². The highest BCUT2D eigenvalue weighted by molar-refractivity contribution is 7.92. The molecule has 1 amide bonds. The summed E-state index contributed by atoms with van der Waals surface area (Å²) >= 11 is 0. The molecule has 0 aromatic heterocycles. The standard InChI is InChI=1S/C17H16F2N2O3S/c18-15-9-8-14(10-16(15)19)25(23,24)21-13-6-4-12(5-7-13)20-17(22)11-2-1-3-11/h4-11,21H,1-3H2,(H,20,22). The first-order chi connectivity index (χ1) is 11.8. The van der Waals surface area contributed by atoms with Crippen LogP contribution in [-0.2, 0) is 14.8 Å². The quantitative estimate of drug-likeness (QED) is 0.850. The van der Waals surface area contributed by atoms with Crippen LogP contribution < -0.4 is 10.0 Å². The molecule has 0 radical (unpaired) electrons. The van der Waals surface area contributed by atoms with E-state index in [9.17, 15) is 22.0 Å². The predicted octanol–water partition coefficient (Wildman–Crippen LogP) is 3.50. The molecular weight excluding hydrogens is 350 g/mol. The molecule has 2 aromatic rings. The van der Waals surface area contributed by atoms with Crippen LogP contribution in [0.1, 0.15) is 19.3 Å². The first-order valence-corrected chi connectivity index (χ1v) is 9.22. The molecule has 0 aliphatic heterocycles. The van der Waals surface area contributed by atoms with Gasteiger partial charge in [0.2, 0.25) is 5.91 Å². The van der Waals surface area contributed by atoms with Gasteiger partial charge in [0.1, 0.15) is 0 Å². The summed E-state index contributed by atoms with van der Waals surface area (Å²) in [5.41, 5.74) is 0.805. The summed E-state index contributed by atoms with van der Waals surface area (Å²) in [7, 11) is -4.04. The molecule has 5 nitrogen and oxygen atoms in total. The van der Waals surface area contributed by atoms with Gasteiger partial charge in [-0.3, -0.25) is 9.52 Å². The molecule has 0 heterocycles. The van der Waals surface area contributed by atoms with Crippen molar-refractivity contribution in [3.63, 3.8) is 0 Å².